The van der Waals surface area contributed by atoms with Crippen LogP contribution in [0.5, 0.6) is 0 Å². The highest BCUT2D eigenvalue weighted by Crippen LogP contribution is 2.32. The number of carbonyl (C=O) groups is 2. The lowest BCUT2D eigenvalue weighted by Crippen LogP contribution is -2.35. The zero-order valence-electron chi connectivity index (χ0n) is 15.3. The van der Waals surface area contributed by atoms with Crippen molar-refractivity contribution in [3.63, 3.8) is 0 Å². The van der Waals surface area contributed by atoms with Gasteiger partial charge in [-0.05, 0) is 48.9 Å². The van der Waals surface area contributed by atoms with Crippen molar-refractivity contribution in [1.82, 2.24) is 5.43 Å². The van der Waals surface area contributed by atoms with E-state index < -0.39 is 16.7 Å². The molecule has 29 heavy (non-hydrogen) atoms. The smallest absolute Gasteiger partial charge is 0.282 e. The molecule has 0 saturated carbocycles. The highest BCUT2D eigenvalue weighted by molar-refractivity contribution is 6.31. The number of nitrogens with zero attached hydrogens (tertiary/aromatic N) is 2. The molecule has 4 rings (SSSR count). The third-order valence-electron chi connectivity index (χ3n) is 4.43. The molecule has 1 aliphatic rings. The van der Waals surface area contributed by atoms with Crippen molar-refractivity contribution >= 4 is 29.3 Å². The average molecular weight is 389 g/mol. The van der Waals surface area contributed by atoms with E-state index in [9.17, 15) is 19.7 Å². The fourth-order valence-electron chi connectivity index (χ4n) is 3.03. The van der Waals surface area contributed by atoms with Crippen LogP contribution in [0.25, 0.3) is 17.4 Å². The second-order valence-electron chi connectivity index (χ2n) is 6.45. The van der Waals surface area contributed by atoms with Crippen LogP contribution < -0.4 is 10.4 Å². The Morgan fingerprint density at radius 1 is 1.07 bits per heavy atom. The van der Waals surface area contributed by atoms with E-state index in [0.717, 1.165) is 10.6 Å². The van der Waals surface area contributed by atoms with Gasteiger partial charge in [-0.1, -0.05) is 24.3 Å². The summed E-state index contributed by atoms with van der Waals surface area (Å²) in [4.78, 5) is 35.7. The summed E-state index contributed by atoms with van der Waals surface area (Å²) in [6.07, 6.45) is 1.32. The fraction of sp³-hybridized carbons (Fsp3) is 0.0476. The number of benzene rings is 2. The maximum Gasteiger partial charge on any atom is 0.282 e. The number of carbonyl (C=O) groups excluding carboxylic acids is 2. The molecular weight excluding hydrogens is 374 g/mol. The van der Waals surface area contributed by atoms with Crippen LogP contribution in [0.4, 0.5) is 11.4 Å². The monoisotopic (exact) mass is 389 g/mol. The summed E-state index contributed by atoms with van der Waals surface area (Å²) in [5.41, 5.74) is 3.94. The molecule has 1 N–H and O–H groups in total. The number of nitro groups is 1. The molecule has 0 spiro atoms. The first kappa shape index (κ1) is 18.2. The van der Waals surface area contributed by atoms with Crippen LogP contribution in [0, 0.1) is 17.0 Å². The maximum absolute atomic E-state index is 12.6. The minimum Gasteiger partial charge on any atom is -0.456 e. The largest absolute Gasteiger partial charge is 0.456 e. The third-order valence-corrected chi connectivity index (χ3v) is 4.43. The van der Waals surface area contributed by atoms with E-state index in [4.69, 9.17) is 4.42 Å². The molecule has 8 nitrogen and oxygen atoms in total. The summed E-state index contributed by atoms with van der Waals surface area (Å²) in [5, 5.41) is 12.5. The highest BCUT2D eigenvalue weighted by atomic mass is 16.6. The Labute approximate surface area is 165 Å². The molecule has 1 aromatic heterocycles. The number of aryl methyl sites for hydroxylation is 1. The molecule has 2 aromatic carbocycles. The molecule has 0 atom stereocenters. The van der Waals surface area contributed by atoms with Crippen LogP contribution in [-0.4, -0.2) is 16.7 Å². The second kappa shape index (κ2) is 7.08. The van der Waals surface area contributed by atoms with Gasteiger partial charge < -0.3 is 4.42 Å². The van der Waals surface area contributed by atoms with Gasteiger partial charge in [0.05, 0.1) is 16.2 Å². The number of hydrogen-bond donors (Lipinski definition) is 1. The molecular formula is C21H15N3O5. The summed E-state index contributed by atoms with van der Waals surface area (Å²) in [6.45, 7) is 1.76. The maximum atomic E-state index is 12.6. The van der Waals surface area contributed by atoms with Gasteiger partial charge in [0, 0.05) is 6.07 Å². The molecule has 2 amide bonds. The lowest BCUT2D eigenvalue weighted by molar-refractivity contribution is -0.384. The summed E-state index contributed by atoms with van der Waals surface area (Å²) in [7, 11) is 0. The molecule has 3 aromatic rings. The molecule has 0 bridgehead atoms. The third kappa shape index (κ3) is 3.39. The molecule has 144 valence electrons. The molecule has 0 radical (unpaired) electrons. The van der Waals surface area contributed by atoms with Crippen molar-refractivity contribution in [2.75, 3.05) is 5.01 Å². The number of hydrogen-bond acceptors (Lipinski definition) is 5. The molecule has 8 heteroatoms. The number of nitrogens with one attached hydrogen (secondary N) is 1. The van der Waals surface area contributed by atoms with Crippen molar-refractivity contribution in [2.24, 2.45) is 0 Å². The number of hydrazine groups is 1. The van der Waals surface area contributed by atoms with Crippen molar-refractivity contribution in [2.45, 2.75) is 6.92 Å². The number of amides is 2. The van der Waals surface area contributed by atoms with Crippen molar-refractivity contribution in [3.8, 4) is 11.3 Å². The minimum absolute atomic E-state index is 0.0801. The van der Waals surface area contributed by atoms with Gasteiger partial charge >= 0.3 is 0 Å². The molecule has 0 unspecified atom stereocenters. The van der Waals surface area contributed by atoms with E-state index >= 15 is 0 Å². The predicted octanol–water partition coefficient (Wildman–Crippen LogP) is 3.62. The lowest BCUT2D eigenvalue weighted by atomic mass is 10.1. The summed E-state index contributed by atoms with van der Waals surface area (Å²) < 4.78 is 5.67. The van der Waals surface area contributed by atoms with Gasteiger partial charge in [0.25, 0.3) is 17.5 Å². The molecule has 1 saturated heterocycles. The summed E-state index contributed by atoms with van der Waals surface area (Å²) in [5.74, 6) is -0.559. The molecule has 1 fully saturated rings. The SMILES string of the molecule is Cc1ccc(-c2ccc(C=C3C(=O)NN(c4ccccc4)C3=O)o2)c([N+](=O)[O-])c1. The number of nitro benzene ring substituents is 1. The molecule has 1 aliphatic heterocycles. The van der Waals surface area contributed by atoms with Crippen LogP contribution in [0.1, 0.15) is 11.3 Å². The highest BCUT2D eigenvalue weighted by Gasteiger charge is 2.34. The van der Waals surface area contributed by atoms with Crippen LogP contribution >= 0.6 is 0 Å². The van der Waals surface area contributed by atoms with E-state index in [0.29, 0.717) is 11.3 Å². The Balaban J connectivity index is 1.66. The number of para-hydroxylation sites is 1. The number of furan rings is 1. The quantitative estimate of drug-likeness (QED) is 0.317. The topological polar surface area (TPSA) is 106 Å². The standard InChI is InChI=1S/C21H15N3O5/c1-13-7-9-16(18(11-13)24(27)28)19-10-8-15(29-19)12-17-20(25)22-23(21(17)26)14-5-3-2-4-6-14/h2-12H,1H3,(H,22,25). The summed E-state index contributed by atoms with van der Waals surface area (Å²) in [6, 6.07) is 16.6. The minimum atomic E-state index is -0.557. The summed E-state index contributed by atoms with van der Waals surface area (Å²) >= 11 is 0. The van der Waals surface area contributed by atoms with E-state index in [1.54, 1.807) is 61.5 Å². The second-order valence-corrected chi connectivity index (χ2v) is 6.45. The predicted molar refractivity (Wildman–Crippen MR) is 106 cm³/mol. The Hall–Kier alpha value is -4.20. The van der Waals surface area contributed by atoms with Gasteiger partial charge in [-0.2, -0.15) is 0 Å². The average Bonchev–Trinajstić information content (AvgIpc) is 3.28. The molecule has 2 heterocycles. The normalized spacial score (nSPS) is 15.1. The van der Waals surface area contributed by atoms with Crippen LogP contribution in [-0.2, 0) is 9.59 Å². The van der Waals surface area contributed by atoms with Gasteiger partial charge in [-0.15, -0.1) is 0 Å². The zero-order chi connectivity index (χ0) is 20.5. The van der Waals surface area contributed by atoms with Gasteiger partial charge in [-0.25, -0.2) is 5.01 Å². The Bertz CT molecular complexity index is 1160. The van der Waals surface area contributed by atoms with Gasteiger partial charge in [0.2, 0.25) is 0 Å². The first-order chi connectivity index (χ1) is 13.9. The van der Waals surface area contributed by atoms with Crippen molar-refractivity contribution in [3.05, 3.63) is 87.7 Å². The Morgan fingerprint density at radius 3 is 2.55 bits per heavy atom. The lowest BCUT2D eigenvalue weighted by Gasteiger charge is -2.13. The number of anilines is 1. The van der Waals surface area contributed by atoms with Gasteiger partial charge in [0.15, 0.2) is 0 Å². The van der Waals surface area contributed by atoms with Crippen LogP contribution in [0.15, 0.2) is 70.7 Å². The van der Waals surface area contributed by atoms with Crippen molar-refractivity contribution in [1.29, 1.82) is 0 Å². The van der Waals surface area contributed by atoms with Crippen LogP contribution in [0.2, 0.25) is 0 Å². The van der Waals surface area contributed by atoms with Gasteiger partial charge in [0.1, 0.15) is 17.1 Å². The van der Waals surface area contributed by atoms with E-state index in [1.165, 1.54) is 12.1 Å². The first-order valence-electron chi connectivity index (χ1n) is 8.71. The van der Waals surface area contributed by atoms with E-state index in [-0.39, 0.29) is 22.8 Å². The molecule has 0 aliphatic carbocycles. The van der Waals surface area contributed by atoms with Crippen molar-refractivity contribution < 1.29 is 18.9 Å². The Kier molecular flexibility index (Phi) is 4.44. The zero-order valence-corrected chi connectivity index (χ0v) is 15.3. The number of rotatable bonds is 4. The Morgan fingerprint density at radius 2 is 1.83 bits per heavy atom. The van der Waals surface area contributed by atoms with E-state index in [1.807, 2.05) is 0 Å². The first-order valence-corrected chi connectivity index (χ1v) is 8.71. The van der Waals surface area contributed by atoms with Crippen LogP contribution in [0.3, 0.4) is 0 Å². The fourth-order valence-corrected chi connectivity index (χ4v) is 3.03. The van der Waals surface area contributed by atoms with E-state index in [2.05, 4.69) is 5.43 Å². The van der Waals surface area contributed by atoms with Gasteiger partial charge in [-0.3, -0.25) is 25.1 Å².